The van der Waals surface area contributed by atoms with Crippen molar-refractivity contribution in [3.8, 4) is 5.75 Å². The molecule has 0 aromatic heterocycles. The molecule has 3 aliphatic heterocycles. The second-order valence-corrected chi connectivity index (χ2v) is 9.39. The van der Waals surface area contributed by atoms with E-state index in [2.05, 4.69) is 22.3 Å². The number of ether oxygens (including phenoxy) is 2. The Morgan fingerprint density at radius 1 is 0.886 bits per heavy atom. The van der Waals surface area contributed by atoms with Crippen molar-refractivity contribution in [2.45, 2.75) is 31.8 Å². The molecule has 3 aliphatic rings. The van der Waals surface area contributed by atoms with Crippen LogP contribution in [0.2, 0.25) is 0 Å². The lowest BCUT2D eigenvalue weighted by atomic mass is 10.1. The SMILES string of the molecule is O=C(CN1CC(C(=O)N2CCOCC2)Oc2ccccc21)Nc1ccc(N2CCCCCC2)cc1. The summed E-state index contributed by atoms with van der Waals surface area (Å²) in [6.07, 6.45) is 4.41. The molecular formula is C27H34N4O4. The van der Waals surface area contributed by atoms with E-state index in [9.17, 15) is 9.59 Å². The van der Waals surface area contributed by atoms with E-state index in [1.54, 1.807) is 4.90 Å². The van der Waals surface area contributed by atoms with Crippen molar-refractivity contribution in [2.75, 3.05) is 67.6 Å². The number of hydrogen-bond acceptors (Lipinski definition) is 6. The molecule has 1 atom stereocenters. The van der Waals surface area contributed by atoms with Crippen LogP contribution in [0.25, 0.3) is 0 Å². The van der Waals surface area contributed by atoms with Crippen molar-refractivity contribution < 1.29 is 19.1 Å². The van der Waals surface area contributed by atoms with E-state index in [1.165, 1.54) is 31.4 Å². The van der Waals surface area contributed by atoms with Crippen LogP contribution in [-0.4, -0.2) is 75.3 Å². The van der Waals surface area contributed by atoms with Crippen molar-refractivity contribution in [1.29, 1.82) is 0 Å². The maximum absolute atomic E-state index is 13.1. The zero-order valence-corrected chi connectivity index (χ0v) is 20.2. The lowest BCUT2D eigenvalue weighted by Gasteiger charge is -2.38. The second kappa shape index (κ2) is 11.0. The predicted molar refractivity (Wildman–Crippen MR) is 136 cm³/mol. The van der Waals surface area contributed by atoms with Gasteiger partial charge in [-0.25, -0.2) is 0 Å². The lowest BCUT2D eigenvalue weighted by molar-refractivity contribution is -0.142. The van der Waals surface area contributed by atoms with Gasteiger partial charge in [0, 0.05) is 37.6 Å². The Bertz CT molecular complexity index is 1010. The molecule has 2 saturated heterocycles. The molecular weight excluding hydrogens is 444 g/mol. The van der Waals surface area contributed by atoms with E-state index < -0.39 is 6.10 Å². The summed E-state index contributed by atoms with van der Waals surface area (Å²) in [6, 6.07) is 15.7. The number of anilines is 3. The summed E-state index contributed by atoms with van der Waals surface area (Å²) >= 11 is 0. The summed E-state index contributed by atoms with van der Waals surface area (Å²) in [4.78, 5) is 32.2. The zero-order valence-electron chi connectivity index (χ0n) is 20.2. The molecule has 2 aromatic rings. The van der Waals surface area contributed by atoms with E-state index in [4.69, 9.17) is 9.47 Å². The Kier molecular flexibility index (Phi) is 7.37. The molecule has 0 saturated carbocycles. The highest BCUT2D eigenvalue weighted by Gasteiger charge is 2.34. The number of nitrogens with one attached hydrogen (secondary N) is 1. The average molecular weight is 479 g/mol. The Morgan fingerprint density at radius 2 is 1.60 bits per heavy atom. The molecule has 8 nitrogen and oxygen atoms in total. The minimum Gasteiger partial charge on any atom is -0.477 e. The third kappa shape index (κ3) is 5.70. The average Bonchev–Trinajstić information content (AvgIpc) is 3.19. The summed E-state index contributed by atoms with van der Waals surface area (Å²) in [7, 11) is 0. The molecule has 1 unspecified atom stereocenters. The molecule has 8 heteroatoms. The first-order valence-electron chi connectivity index (χ1n) is 12.7. The van der Waals surface area contributed by atoms with Crippen LogP contribution in [0.1, 0.15) is 25.7 Å². The summed E-state index contributed by atoms with van der Waals surface area (Å²) < 4.78 is 11.4. The summed E-state index contributed by atoms with van der Waals surface area (Å²) in [6.45, 7) is 4.85. The Morgan fingerprint density at radius 3 is 2.34 bits per heavy atom. The fourth-order valence-corrected chi connectivity index (χ4v) is 5.03. The van der Waals surface area contributed by atoms with Gasteiger partial charge in [-0.05, 0) is 49.2 Å². The lowest BCUT2D eigenvalue weighted by Crippen LogP contribution is -2.53. The highest BCUT2D eigenvalue weighted by molar-refractivity contribution is 5.95. The van der Waals surface area contributed by atoms with Crippen molar-refractivity contribution in [2.24, 2.45) is 0 Å². The number of fused-ring (bicyclic) bond motifs is 1. The number of carbonyl (C=O) groups excluding carboxylic acids is 2. The first-order chi connectivity index (χ1) is 17.2. The standard InChI is InChI=1S/C27H34N4O4/c32-26(28-21-9-11-22(12-10-21)29-13-5-1-2-6-14-29)20-31-19-25(27(33)30-15-17-34-18-16-30)35-24-8-4-3-7-23(24)31/h3-4,7-12,25H,1-2,5-6,13-20H2,(H,28,32). The normalized spacial score (nSPS) is 20.5. The number of carbonyl (C=O) groups is 2. The molecule has 35 heavy (non-hydrogen) atoms. The Labute approximate surface area is 206 Å². The van der Waals surface area contributed by atoms with Gasteiger partial charge in [-0.1, -0.05) is 25.0 Å². The molecule has 3 heterocycles. The Hall–Kier alpha value is -3.26. The first kappa shape index (κ1) is 23.5. The molecule has 5 rings (SSSR count). The predicted octanol–water partition coefficient (Wildman–Crippen LogP) is 3.13. The largest absolute Gasteiger partial charge is 0.477 e. The van der Waals surface area contributed by atoms with E-state index in [1.807, 2.05) is 41.3 Å². The fraction of sp³-hybridized carbons (Fsp3) is 0.481. The smallest absolute Gasteiger partial charge is 0.265 e. The van der Waals surface area contributed by atoms with Gasteiger partial charge in [-0.3, -0.25) is 9.59 Å². The number of morpholine rings is 1. The minimum atomic E-state index is -0.649. The van der Waals surface area contributed by atoms with Gasteiger partial charge in [-0.15, -0.1) is 0 Å². The van der Waals surface area contributed by atoms with Crippen molar-refractivity contribution >= 4 is 28.9 Å². The monoisotopic (exact) mass is 478 g/mol. The van der Waals surface area contributed by atoms with Crippen LogP contribution in [0, 0.1) is 0 Å². The number of para-hydroxylation sites is 2. The Balaban J connectivity index is 1.23. The molecule has 2 fully saturated rings. The van der Waals surface area contributed by atoms with Gasteiger partial charge in [0.2, 0.25) is 5.91 Å². The van der Waals surface area contributed by atoms with Gasteiger partial charge >= 0.3 is 0 Å². The number of amides is 2. The van der Waals surface area contributed by atoms with E-state index in [0.717, 1.165) is 24.5 Å². The molecule has 2 aromatic carbocycles. The van der Waals surface area contributed by atoms with Crippen molar-refractivity contribution in [3.63, 3.8) is 0 Å². The van der Waals surface area contributed by atoms with Crippen molar-refractivity contribution in [3.05, 3.63) is 48.5 Å². The highest BCUT2D eigenvalue weighted by atomic mass is 16.5. The molecule has 0 aliphatic carbocycles. The van der Waals surface area contributed by atoms with Gasteiger partial charge in [-0.2, -0.15) is 0 Å². The third-order valence-electron chi connectivity index (χ3n) is 6.92. The molecule has 0 bridgehead atoms. The van der Waals surface area contributed by atoms with Crippen LogP contribution in [-0.2, 0) is 14.3 Å². The third-order valence-corrected chi connectivity index (χ3v) is 6.92. The maximum atomic E-state index is 13.1. The van der Waals surface area contributed by atoms with E-state index in [-0.39, 0.29) is 18.4 Å². The van der Waals surface area contributed by atoms with Crippen LogP contribution in [0.4, 0.5) is 17.1 Å². The fourth-order valence-electron chi connectivity index (χ4n) is 5.03. The molecule has 2 amide bonds. The second-order valence-electron chi connectivity index (χ2n) is 9.39. The molecule has 0 spiro atoms. The number of rotatable bonds is 5. The number of hydrogen-bond donors (Lipinski definition) is 1. The molecule has 1 N–H and O–H groups in total. The molecule has 0 radical (unpaired) electrons. The quantitative estimate of drug-likeness (QED) is 0.712. The van der Waals surface area contributed by atoms with Crippen LogP contribution < -0.4 is 19.9 Å². The van der Waals surface area contributed by atoms with Crippen LogP contribution in [0.5, 0.6) is 5.75 Å². The van der Waals surface area contributed by atoms with E-state index >= 15 is 0 Å². The highest BCUT2D eigenvalue weighted by Crippen LogP contribution is 2.33. The van der Waals surface area contributed by atoms with Crippen LogP contribution >= 0.6 is 0 Å². The summed E-state index contributed by atoms with van der Waals surface area (Å²) in [5.41, 5.74) is 2.80. The maximum Gasteiger partial charge on any atom is 0.265 e. The van der Waals surface area contributed by atoms with Gasteiger partial charge in [0.1, 0.15) is 5.75 Å². The van der Waals surface area contributed by atoms with Gasteiger partial charge in [0.25, 0.3) is 5.91 Å². The van der Waals surface area contributed by atoms with E-state index in [0.29, 0.717) is 38.6 Å². The topological polar surface area (TPSA) is 74.4 Å². The summed E-state index contributed by atoms with van der Waals surface area (Å²) in [5.74, 6) is 0.444. The summed E-state index contributed by atoms with van der Waals surface area (Å²) in [5, 5.41) is 3.02. The van der Waals surface area contributed by atoms with Gasteiger partial charge in [0.15, 0.2) is 6.10 Å². The van der Waals surface area contributed by atoms with Crippen LogP contribution in [0.15, 0.2) is 48.5 Å². The van der Waals surface area contributed by atoms with Gasteiger partial charge < -0.3 is 29.5 Å². The minimum absolute atomic E-state index is 0.0580. The first-order valence-corrected chi connectivity index (χ1v) is 12.7. The van der Waals surface area contributed by atoms with Gasteiger partial charge in [0.05, 0.1) is 32.0 Å². The molecule has 186 valence electrons. The number of nitrogens with zero attached hydrogens (tertiary/aromatic N) is 3. The van der Waals surface area contributed by atoms with Crippen molar-refractivity contribution in [1.82, 2.24) is 4.90 Å². The number of benzene rings is 2. The van der Waals surface area contributed by atoms with Crippen LogP contribution in [0.3, 0.4) is 0 Å². The zero-order chi connectivity index (χ0) is 24.0.